The van der Waals surface area contributed by atoms with Crippen LogP contribution in [0.3, 0.4) is 0 Å². The molecule has 0 N–H and O–H groups in total. The standard InChI is InChI=1S/C48H32N2OS.C42H28N2OS/c1-4-13-33(14-5-1)34-23-25-37(26-24-34)49(35-15-6-2-7-16-35)38-28-30-45-43(31-38)42-20-12-21-44(48(42)51-45)50(36-17-8-3-9-18-36)39-27-29-41-40-19-10-11-22-46(40)52-47(41)32-39;1-4-13-29(14-5-1)43(30-15-6-2-7-16-30)32-24-26-39-37(27-32)36-20-12-21-38(42(36)45-39)44(31-17-8-3-9-18-31)33-23-25-35-34-19-10-11-22-40(34)46-41(35)28-33/h1-32H;1-28H. The van der Waals surface area contributed by atoms with E-state index in [2.05, 4.69) is 384 Å². The Morgan fingerprint density at radius 3 is 0.888 bits per heavy atom. The monoisotopic (exact) mass is 1290 g/mol. The van der Waals surface area contributed by atoms with Gasteiger partial charge in [-0.25, -0.2) is 0 Å². The van der Waals surface area contributed by atoms with Gasteiger partial charge in [-0.15, -0.1) is 22.7 Å². The molecule has 19 rings (SSSR count). The minimum Gasteiger partial charge on any atom is -0.454 e. The smallest absolute Gasteiger partial charge is 0.159 e. The first-order valence-corrected chi connectivity index (χ1v) is 34.6. The molecule has 98 heavy (non-hydrogen) atoms. The minimum absolute atomic E-state index is 0.853. The van der Waals surface area contributed by atoms with Crippen LogP contribution in [-0.2, 0) is 0 Å². The van der Waals surface area contributed by atoms with Crippen LogP contribution in [0.2, 0.25) is 0 Å². The maximum Gasteiger partial charge on any atom is 0.159 e. The summed E-state index contributed by atoms with van der Waals surface area (Å²) in [6.07, 6.45) is 0. The largest absolute Gasteiger partial charge is 0.454 e. The third-order valence-corrected chi connectivity index (χ3v) is 20.7. The van der Waals surface area contributed by atoms with Gasteiger partial charge in [0, 0.05) is 119 Å². The van der Waals surface area contributed by atoms with E-state index < -0.39 is 0 Å². The summed E-state index contributed by atoms with van der Waals surface area (Å²) in [6.45, 7) is 0. The molecule has 19 aromatic rings. The zero-order valence-electron chi connectivity index (χ0n) is 53.1. The lowest BCUT2D eigenvalue weighted by Crippen LogP contribution is -2.10. The summed E-state index contributed by atoms with van der Waals surface area (Å²) in [6, 6.07) is 129. The van der Waals surface area contributed by atoms with E-state index in [1.165, 1.54) is 51.5 Å². The molecule has 0 saturated heterocycles. The SMILES string of the molecule is c1ccc(-c2ccc(N(c3ccccc3)c3ccc4oc5c(N(c6ccccc6)c6ccc7c(c6)sc6ccccc67)cccc5c4c3)cc2)cc1.c1ccc(N(c2ccccc2)c2ccc3oc4c(N(c5ccccc5)c5ccc6c(c5)sc5ccccc56)cccc4c3c2)cc1. The van der Waals surface area contributed by atoms with Crippen LogP contribution in [0.25, 0.3) is 95.3 Å². The number of hydrogen-bond donors (Lipinski definition) is 0. The molecule has 0 aliphatic carbocycles. The molecule has 4 aromatic heterocycles. The van der Waals surface area contributed by atoms with Gasteiger partial charge in [-0.3, -0.25) is 0 Å². The average molecular weight is 1290 g/mol. The third kappa shape index (κ3) is 10.6. The molecule has 464 valence electrons. The van der Waals surface area contributed by atoms with Gasteiger partial charge in [-0.1, -0.05) is 206 Å². The Labute approximate surface area is 574 Å². The van der Waals surface area contributed by atoms with Crippen LogP contribution in [-0.4, -0.2) is 0 Å². The number of para-hydroxylation sites is 7. The van der Waals surface area contributed by atoms with E-state index in [1.54, 1.807) is 0 Å². The van der Waals surface area contributed by atoms with Crippen molar-refractivity contribution in [3.8, 4) is 11.1 Å². The summed E-state index contributed by atoms with van der Waals surface area (Å²) >= 11 is 3.67. The summed E-state index contributed by atoms with van der Waals surface area (Å²) < 4.78 is 18.7. The van der Waals surface area contributed by atoms with Crippen LogP contribution in [0.4, 0.5) is 68.2 Å². The zero-order chi connectivity index (χ0) is 64.9. The van der Waals surface area contributed by atoms with Crippen molar-refractivity contribution in [2.24, 2.45) is 0 Å². The molecule has 4 heterocycles. The van der Waals surface area contributed by atoms with Crippen molar-refractivity contribution in [2.75, 3.05) is 19.6 Å². The summed E-state index contributed by atoms with van der Waals surface area (Å²) in [5, 5.41) is 9.48. The molecule has 0 amide bonds. The average Bonchev–Trinajstić information content (AvgIpc) is 1.60. The molecule has 0 saturated carbocycles. The Bertz CT molecular complexity index is 6040. The van der Waals surface area contributed by atoms with Gasteiger partial charge in [0.2, 0.25) is 0 Å². The third-order valence-electron chi connectivity index (χ3n) is 18.5. The lowest BCUT2D eigenvalue weighted by molar-refractivity contribution is 0.668. The van der Waals surface area contributed by atoms with E-state index in [9.17, 15) is 0 Å². The van der Waals surface area contributed by atoms with Crippen LogP contribution < -0.4 is 19.6 Å². The van der Waals surface area contributed by atoms with Crippen molar-refractivity contribution in [3.05, 3.63) is 364 Å². The maximum atomic E-state index is 6.80. The number of furan rings is 2. The predicted octanol–water partition coefficient (Wildman–Crippen LogP) is 27.5. The van der Waals surface area contributed by atoms with Gasteiger partial charge < -0.3 is 28.4 Å². The number of benzene rings is 15. The number of hydrogen-bond acceptors (Lipinski definition) is 8. The lowest BCUT2D eigenvalue weighted by Gasteiger charge is -2.26. The second-order valence-electron chi connectivity index (χ2n) is 24.4. The van der Waals surface area contributed by atoms with E-state index in [4.69, 9.17) is 8.83 Å². The molecule has 0 fully saturated rings. The Hall–Kier alpha value is -12.5. The molecule has 15 aromatic carbocycles. The van der Waals surface area contributed by atoms with Crippen molar-refractivity contribution in [1.29, 1.82) is 0 Å². The number of anilines is 12. The summed E-state index contributed by atoms with van der Waals surface area (Å²) in [5.41, 5.74) is 18.7. The van der Waals surface area contributed by atoms with Gasteiger partial charge in [0.05, 0.1) is 11.4 Å². The van der Waals surface area contributed by atoms with Crippen molar-refractivity contribution >= 4 is 175 Å². The quantitative estimate of drug-likeness (QED) is 0.115. The van der Waals surface area contributed by atoms with Crippen molar-refractivity contribution in [1.82, 2.24) is 0 Å². The first-order chi connectivity index (χ1) is 48.6. The molecule has 6 nitrogen and oxygen atoms in total. The Morgan fingerprint density at radius 1 is 0.184 bits per heavy atom. The van der Waals surface area contributed by atoms with E-state index in [0.29, 0.717) is 0 Å². The topological polar surface area (TPSA) is 39.2 Å². The summed E-state index contributed by atoms with van der Waals surface area (Å²) in [7, 11) is 0. The normalized spacial score (nSPS) is 11.5. The van der Waals surface area contributed by atoms with Crippen LogP contribution in [0.5, 0.6) is 0 Å². The van der Waals surface area contributed by atoms with Gasteiger partial charge in [0.1, 0.15) is 11.2 Å². The van der Waals surface area contributed by atoms with Gasteiger partial charge in [-0.2, -0.15) is 0 Å². The fourth-order valence-electron chi connectivity index (χ4n) is 13.9. The molecular formula is C90H60N4O2S2. The van der Waals surface area contributed by atoms with Gasteiger partial charge in [0.25, 0.3) is 0 Å². The van der Waals surface area contributed by atoms with Crippen LogP contribution in [0, 0.1) is 0 Å². The molecule has 0 aliphatic heterocycles. The zero-order valence-corrected chi connectivity index (χ0v) is 54.7. The van der Waals surface area contributed by atoms with Gasteiger partial charge in [0.15, 0.2) is 11.2 Å². The van der Waals surface area contributed by atoms with Crippen molar-refractivity contribution in [2.45, 2.75) is 0 Å². The van der Waals surface area contributed by atoms with Crippen molar-refractivity contribution < 1.29 is 8.83 Å². The Kier molecular flexibility index (Phi) is 14.8. The number of fused-ring (bicyclic) bond motifs is 12. The molecule has 0 atom stereocenters. The Balaban J connectivity index is 0.000000143. The van der Waals surface area contributed by atoms with Gasteiger partial charge >= 0.3 is 0 Å². The second kappa shape index (κ2) is 25.0. The number of thiophene rings is 2. The fourth-order valence-corrected chi connectivity index (χ4v) is 16.2. The molecule has 0 bridgehead atoms. The van der Waals surface area contributed by atoms with E-state index in [0.717, 1.165) is 112 Å². The van der Waals surface area contributed by atoms with Gasteiger partial charge in [-0.05, 0) is 169 Å². The highest BCUT2D eigenvalue weighted by atomic mass is 32.1. The minimum atomic E-state index is 0.853. The van der Waals surface area contributed by atoms with Crippen LogP contribution >= 0.6 is 22.7 Å². The van der Waals surface area contributed by atoms with Crippen molar-refractivity contribution in [3.63, 3.8) is 0 Å². The van der Waals surface area contributed by atoms with Crippen LogP contribution in [0.15, 0.2) is 373 Å². The highest BCUT2D eigenvalue weighted by Gasteiger charge is 2.25. The Morgan fingerprint density at radius 2 is 0.480 bits per heavy atom. The fraction of sp³-hybridized carbons (Fsp3) is 0. The molecule has 0 unspecified atom stereocenters. The summed E-state index contributed by atoms with van der Waals surface area (Å²) in [5.74, 6) is 0. The van der Waals surface area contributed by atoms with E-state index >= 15 is 0 Å². The number of nitrogens with zero attached hydrogens (tertiary/aromatic N) is 4. The second-order valence-corrected chi connectivity index (χ2v) is 26.5. The molecular weight excluding hydrogens is 1230 g/mol. The molecule has 0 radical (unpaired) electrons. The number of rotatable bonds is 13. The summed E-state index contributed by atoms with van der Waals surface area (Å²) in [4.78, 5) is 9.24. The molecule has 0 spiro atoms. The predicted molar refractivity (Wildman–Crippen MR) is 417 cm³/mol. The first kappa shape index (κ1) is 58.1. The maximum absolute atomic E-state index is 6.80. The lowest BCUT2D eigenvalue weighted by atomic mass is 10.0. The molecule has 0 aliphatic rings. The highest BCUT2D eigenvalue weighted by Crippen LogP contribution is 2.49. The molecule has 8 heteroatoms. The van der Waals surface area contributed by atoms with Crippen LogP contribution in [0.1, 0.15) is 0 Å². The van der Waals surface area contributed by atoms with E-state index in [1.807, 2.05) is 22.7 Å². The first-order valence-electron chi connectivity index (χ1n) is 32.9. The van der Waals surface area contributed by atoms with E-state index in [-0.39, 0.29) is 0 Å². The highest BCUT2D eigenvalue weighted by molar-refractivity contribution is 7.26.